The molecule has 0 bridgehead atoms. The van der Waals surface area contributed by atoms with E-state index in [0.717, 1.165) is 17.7 Å². The summed E-state index contributed by atoms with van der Waals surface area (Å²) in [5.74, 6) is 0. The molecule has 0 fully saturated rings. The summed E-state index contributed by atoms with van der Waals surface area (Å²) in [7, 11) is 0. The van der Waals surface area contributed by atoms with Crippen molar-refractivity contribution in [2.24, 2.45) is 5.73 Å². The van der Waals surface area contributed by atoms with Crippen molar-refractivity contribution in [3.05, 3.63) is 35.4 Å². The van der Waals surface area contributed by atoms with E-state index in [9.17, 15) is 13.2 Å². The van der Waals surface area contributed by atoms with E-state index in [-0.39, 0.29) is 6.04 Å². The maximum atomic E-state index is 12.3. The van der Waals surface area contributed by atoms with Gasteiger partial charge >= 0.3 is 6.18 Å². The van der Waals surface area contributed by atoms with Crippen LogP contribution >= 0.6 is 0 Å². The Morgan fingerprint density at radius 2 is 1.82 bits per heavy atom. The Labute approximate surface area is 99.0 Å². The molecule has 2 nitrogen and oxygen atoms in total. The van der Waals surface area contributed by atoms with Crippen LogP contribution in [0.5, 0.6) is 0 Å². The molecule has 3 N–H and O–H groups in total. The number of rotatable bonds is 5. The van der Waals surface area contributed by atoms with Crippen LogP contribution in [0.25, 0.3) is 0 Å². The molecule has 96 valence electrons. The molecule has 0 saturated carbocycles. The lowest BCUT2D eigenvalue weighted by molar-refractivity contribution is -0.137. The second-order valence-corrected chi connectivity index (χ2v) is 4.04. The van der Waals surface area contributed by atoms with Crippen molar-refractivity contribution in [1.82, 2.24) is 5.32 Å². The van der Waals surface area contributed by atoms with Crippen LogP contribution in [0.1, 0.15) is 18.1 Å². The average molecular weight is 246 g/mol. The van der Waals surface area contributed by atoms with Crippen LogP contribution in [0.4, 0.5) is 13.2 Å². The minimum absolute atomic E-state index is 0.226. The van der Waals surface area contributed by atoms with Crippen molar-refractivity contribution in [3.8, 4) is 0 Å². The van der Waals surface area contributed by atoms with Crippen LogP contribution in [0, 0.1) is 0 Å². The van der Waals surface area contributed by atoms with Gasteiger partial charge in [0.15, 0.2) is 0 Å². The first-order valence-electron chi connectivity index (χ1n) is 5.53. The van der Waals surface area contributed by atoms with Gasteiger partial charge in [0.25, 0.3) is 0 Å². The number of hydrogen-bond donors (Lipinski definition) is 2. The lowest BCUT2D eigenvalue weighted by atomic mass is 10.1. The Balaban J connectivity index is 2.46. The average Bonchev–Trinajstić information content (AvgIpc) is 2.28. The van der Waals surface area contributed by atoms with Crippen molar-refractivity contribution in [2.45, 2.75) is 25.6 Å². The molecule has 0 spiro atoms. The minimum atomic E-state index is -4.26. The number of benzene rings is 1. The fourth-order valence-corrected chi connectivity index (χ4v) is 1.41. The van der Waals surface area contributed by atoms with Gasteiger partial charge in [-0.15, -0.1) is 0 Å². The highest BCUT2D eigenvalue weighted by molar-refractivity contribution is 5.24. The van der Waals surface area contributed by atoms with Gasteiger partial charge in [0.2, 0.25) is 0 Å². The molecule has 5 heteroatoms. The fourth-order valence-electron chi connectivity index (χ4n) is 1.41. The molecule has 0 amide bonds. The molecule has 0 aromatic heterocycles. The predicted molar refractivity (Wildman–Crippen MR) is 61.7 cm³/mol. The summed E-state index contributed by atoms with van der Waals surface area (Å²) in [6, 6.07) is 5.47. The third-order valence-corrected chi connectivity index (χ3v) is 2.54. The summed E-state index contributed by atoms with van der Waals surface area (Å²) < 4.78 is 36.9. The molecule has 0 aliphatic carbocycles. The number of nitrogens with one attached hydrogen (secondary N) is 1. The molecule has 17 heavy (non-hydrogen) atoms. The van der Waals surface area contributed by atoms with Crippen LogP contribution in [-0.4, -0.2) is 19.1 Å². The van der Waals surface area contributed by atoms with Crippen LogP contribution < -0.4 is 11.1 Å². The molecule has 1 aromatic carbocycles. The quantitative estimate of drug-likeness (QED) is 0.835. The second-order valence-electron chi connectivity index (χ2n) is 4.04. The lowest BCUT2D eigenvalue weighted by Gasteiger charge is -2.11. The smallest absolute Gasteiger partial charge is 0.329 e. The normalized spacial score (nSPS) is 13.7. The molecule has 0 aliphatic heterocycles. The molecule has 1 atom stereocenters. The van der Waals surface area contributed by atoms with E-state index < -0.39 is 11.7 Å². The van der Waals surface area contributed by atoms with E-state index in [1.807, 2.05) is 6.92 Å². The SMILES string of the molecule is CC(CN)NCCc1ccc(C(F)(F)F)cc1. The summed E-state index contributed by atoms with van der Waals surface area (Å²) in [5, 5.41) is 3.18. The maximum Gasteiger partial charge on any atom is 0.416 e. The largest absolute Gasteiger partial charge is 0.416 e. The molecule has 1 unspecified atom stereocenters. The monoisotopic (exact) mass is 246 g/mol. The highest BCUT2D eigenvalue weighted by atomic mass is 19.4. The van der Waals surface area contributed by atoms with E-state index in [4.69, 9.17) is 5.73 Å². The van der Waals surface area contributed by atoms with Crippen LogP contribution in [0.2, 0.25) is 0 Å². The summed E-state index contributed by atoms with van der Waals surface area (Å²) >= 11 is 0. The van der Waals surface area contributed by atoms with Crippen LogP contribution in [-0.2, 0) is 12.6 Å². The topological polar surface area (TPSA) is 38.0 Å². The summed E-state index contributed by atoms with van der Waals surface area (Å²) in [4.78, 5) is 0. The zero-order valence-corrected chi connectivity index (χ0v) is 9.72. The molecule has 1 aromatic rings. The highest BCUT2D eigenvalue weighted by Crippen LogP contribution is 2.29. The first kappa shape index (κ1) is 14.0. The Morgan fingerprint density at radius 3 is 2.29 bits per heavy atom. The summed E-state index contributed by atoms with van der Waals surface area (Å²) in [6.45, 7) is 3.23. The number of hydrogen-bond acceptors (Lipinski definition) is 2. The maximum absolute atomic E-state index is 12.3. The zero-order chi connectivity index (χ0) is 12.9. The van der Waals surface area contributed by atoms with Crippen LogP contribution in [0.3, 0.4) is 0 Å². The molecule has 0 radical (unpaired) electrons. The van der Waals surface area contributed by atoms with E-state index in [2.05, 4.69) is 5.32 Å². The van der Waals surface area contributed by atoms with Crippen LogP contribution in [0.15, 0.2) is 24.3 Å². The van der Waals surface area contributed by atoms with Gasteiger partial charge in [-0.25, -0.2) is 0 Å². The number of nitrogens with two attached hydrogens (primary N) is 1. The van der Waals surface area contributed by atoms with Gasteiger partial charge in [-0.3, -0.25) is 0 Å². The van der Waals surface area contributed by atoms with Gasteiger partial charge in [-0.1, -0.05) is 12.1 Å². The molecular weight excluding hydrogens is 229 g/mol. The van der Waals surface area contributed by atoms with Gasteiger partial charge in [-0.2, -0.15) is 13.2 Å². The van der Waals surface area contributed by atoms with E-state index >= 15 is 0 Å². The van der Waals surface area contributed by atoms with Gasteiger partial charge in [0, 0.05) is 12.6 Å². The van der Waals surface area contributed by atoms with E-state index in [0.29, 0.717) is 19.5 Å². The Hall–Kier alpha value is -1.07. The molecular formula is C12H17F3N2. The molecule has 0 heterocycles. The predicted octanol–water partition coefficient (Wildman–Crippen LogP) is 2.18. The van der Waals surface area contributed by atoms with Crippen molar-refractivity contribution < 1.29 is 13.2 Å². The van der Waals surface area contributed by atoms with Gasteiger partial charge in [0.05, 0.1) is 5.56 Å². The molecule has 0 saturated heterocycles. The minimum Gasteiger partial charge on any atom is -0.329 e. The van der Waals surface area contributed by atoms with E-state index in [1.165, 1.54) is 12.1 Å². The fraction of sp³-hybridized carbons (Fsp3) is 0.500. The first-order chi connectivity index (χ1) is 7.93. The summed E-state index contributed by atoms with van der Waals surface area (Å²) in [6.07, 6.45) is -3.56. The molecule has 1 rings (SSSR count). The van der Waals surface area contributed by atoms with Gasteiger partial charge in [-0.05, 0) is 37.6 Å². The Kier molecular flexibility index (Phi) is 4.96. The number of alkyl halides is 3. The zero-order valence-electron chi connectivity index (χ0n) is 9.72. The van der Waals surface area contributed by atoms with Gasteiger partial charge in [0.1, 0.15) is 0 Å². The third kappa shape index (κ3) is 4.75. The number of halogens is 3. The standard InChI is InChI=1S/C12H17F3N2/c1-9(8-16)17-7-6-10-2-4-11(5-3-10)12(13,14)15/h2-5,9,17H,6-8,16H2,1H3. The Morgan fingerprint density at radius 1 is 1.24 bits per heavy atom. The van der Waals surface area contributed by atoms with Crippen molar-refractivity contribution in [1.29, 1.82) is 0 Å². The second kappa shape index (κ2) is 6.02. The van der Waals surface area contributed by atoms with Crippen molar-refractivity contribution in [2.75, 3.05) is 13.1 Å². The lowest BCUT2D eigenvalue weighted by Crippen LogP contribution is -2.34. The van der Waals surface area contributed by atoms with Gasteiger partial charge < -0.3 is 11.1 Å². The van der Waals surface area contributed by atoms with E-state index in [1.54, 1.807) is 0 Å². The third-order valence-electron chi connectivity index (χ3n) is 2.54. The van der Waals surface area contributed by atoms with Crippen molar-refractivity contribution >= 4 is 0 Å². The first-order valence-corrected chi connectivity index (χ1v) is 5.53. The van der Waals surface area contributed by atoms with Crippen molar-refractivity contribution in [3.63, 3.8) is 0 Å². The summed E-state index contributed by atoms with van der Waals surface area (Å²) in [5.41, 5.74) is 5.71. The molecule has 0 aliphatic rings. The highest BCUT2D eigenvalue weighted by Gasteiger charge is 2.29. The Bertz CT molecular complexity index is 333.